The molecule has 1 fully saturated rings. The Hall–Kier alpha value is -2.96. The van der Waals surface area contributed by atoms with E-state index in [1.807, 2.05) is 24.4 Å². The Labute approximate surface area is 214 Å². The van der Waals surface area contributed by atoms with Crippen molar-refractivity contribution in [1.82, 2.24) is 14.9 Å². The van der Waals surface area contributed by atoms with Crippen LogP contribution in [0.5, 0.6) is 0 Å². The zero-order valence-corrected chi connectivity index (χ0v) is 22.1. The lowest BCUT2D eigenvalue weighted by molar-refractivity contribution is 0.565. The summed E-state index contributed by atoms with van der Waals surface area (Å²) >= 11 is 9.66. The molecule has 0 bridgehead atoms. The number of hydrogen-bond acceptors (Lipinski definition) is 2. The minimum Gasteiger partial charge on any atom is -0.351 e. The van der Waals surface area contributed by atoms with Gasteiger partial charge in [-0.05, 0) is 115 Å². The monoisotopic (exact) mass is 530 g/mol. The van der Waals surface area contributed by atoms with Gasteiger partial charge in [0.05, 0.1) is 23.5 Å². The summed E-state index contributed by atoms with van der Waals surface area (Å²) in [4.78, 5) is 6.96. The van der Waals surface area contributed by atoms with Crippen LogP contribution in [0.2, 0.25) is 0 Å². The highest BCUT2D eigenvalue weighted by Crippen LogP contribution is 2.44. The molecule has 1 aliphatic heterocycles. The first kappa shape index (κ1) is 22.8. The molecule has 2 aromatic heterocycles. The zero-order chi connectivity index (χ0) is 24.0. The van der Waals surface area contributed by atoms with Crippen LogP contribution in [0, 0.1) is 27.7 Å². The zero-order valence-electron chi connectivity index (χ0n) is 19.7. The van der Waals surface area contributed by atoms with Crippen LogP contribution in [0.1, 0.15) is 45.9 Å². The lowest BCUT2D eigenvalue weighted by Crippen LogP contribution is -2.29. The summed E-state index contributed by atoms with van der Waals surface area (Å²) < 4.78 is 3.38. The first-order valence-corrected chi connectivity index (χ1v) is 12.6. The molecule has 0 spiro atoms. The highest BCUT2D eigenvalue weighted by molar-refractivity contribution is 9.10. The van der Waals surface area contributed by atoms with Gasteiger partial charge in [-0.25, -0.2) is 0 Å². The lowest BCUT2D eigenvalue weighted by atomic mass is 9.96. The van der Waals surface area contributed by atoms with Crippen LogP contribution in [0.15, 0.2) is 77.4 Å². The van der Waals surface area contributed by atoms with E-state index in [1.54, 1.807) is 0 Å². The Morgan fingerprint density at radius 2 is 1.68 bits per heavy atom. The smallest absolute Gasteiger partial charge is 0.174 e. The molecule has 0 radical (unpaired) electrons. The first-order valence-electron chi connectivity index (χ1n) is 11.4. The molecule has 34 heavy (non-hydrogen) atoms. The molecule has 0 saturated carbocycles. The number of anilines is 1. The molecule has 0 unspecified atom stereocenters. The number of hydrogen-bond donors (Lipinski definition) is 1. The van der Waals surface area contributed by atoms with Gasteiger partial charge in [-0.2, -0.15) is 0 Å². The fourth-order valence-corrected chi connectivity index (χ4v) is 5.72. The molecule has 1 N–H and O–H groups in total. The predicted molar refractivity (Wildman–Crippen MR) is 147 cm³/mol. The third-order valence-corrected chi connectivity index (χ3v) is 7.73. The minimum atomic E-state index is -0.0662. The van der Waals surface area contributed by atoms with Crippen molar-refractivity contribution in [1.29, 1.82) is 0 Å². The molecule has 0 aliphatic carbocycles. The molecule has 5 rings (SSSR count). The van der Waals surface area contributed by atoms with Crippen LogP contribution >= 0.6 is 28.1 Å². The van der Waals surface area contributed by atoms with Crippen molar-refractivity contribution >= 4 is 38.9 Å². The van der Waals surface area contributed by atoms with E-state index in [2.05, 4.69) is 107 Å². The van der Waals surface area contributed by atoms with Gasteiger partial charge in [0.15, 0.2) is 5.11 Å². The predicted octanol–water partition coefficient (Wildman–Crippen LogP) is 7.05. The van der Waals surface area contributed by atoms with Crippen molar-refractivity contribution in [3.05, 3.63) is 111 Å². The van der Waals surface area contributed by atoms with Crippen LogP contribution in [0.25, 0.3) is 5.69 Å². The minimum absolute atomic E-state index is 0.0352. The summed E-state index contributed by atoms with van der Waals surface area (Å²) in [5, 5.41) is 4.30. The van der Waals surface area contributed by atoms with Crippen molar-refractivity contribution in [2.24, 2.45) is 0 Å². The quantitative estimate of drug-likeness (QED) is 0.286. The van der Waals surface area contributed by atoms with E-state index in [0.29, 0.717) is 0 Å². The molecule has 0 amide bonds. The van der Waals surface area contributed by atoms with Gasteiger partial charge in [-0.1, -0.05) is 24.3 Å². The summed E-state index contributed by atoms with van der Waals surface area (Å²) in [6.07, 6.45) is 1.85. The number of pyridine rings is 1. The molecule has 1 saturated heterocycles. The van der Waals surface area contributed by atoms with Gasteiger partial charge in [0, 0.05) is 27.7 Å². The number of benzene rings is 2. The number of nitrogens with zero attached hydrogens (tertiary/aromatic N) is 3. The van der Waals surface area contributed by atoms with E-state index in [9.17, 15) is 0 Å². The number of halogens is 1. The number of rotatable bonds is 4. The van der Waals surface area contributed by atoms with Gasteiger partial charge in [-0.15, -0.1) is 0 Å². The summed E-state index contributed by atoms with van der Waals surface area (Å²) in [7, 11) is 0. The molecule has 3 heterocycles. The Bertz CT molecular complexity index is 1380. The maximum atomic E-state index is 5.92. The molecular weight excluding hydrogens is 504 g/mol. The maximum absolute atomic E-state index is 5.92. The molecular formula is C28H27BrN4S. The summed E-state index contributed by atoms with van der Waals surface area (Å²) in [5.41, 5.74) is 9.32. The van der Waals surface area contributed by atoms with Gasteiger partial charge < -0.3 is 14.8 Å². The normalized spacial score (nSPS) is 17.8. The van der Waals surface area contributed by atoms with Crippen molar-refractivity contribution < 1.29 is 0 Å². The third-order valence-electron chi connectivity index (χ3n) is 6.75. The van der Waals surface area contributed by atoms with Gasteiger partial charge >= 0.3 is 0 Å². The van der Waals surface area contributed by atoms with Crippen molar-refractivity contribution in [3.63, 3.8) is 0 Å². The molecule has 2 atom stereocenters. The number of nitrogens with one attached hydrogen (secondary N) is 1. The topological polar surface area (TPSA) is 33.1 Å². The second-order valence-corrected chi connectivity index (χ2v) is 10.1. The van der Waals surface area contributed by atoms with Gasteiger partial charge in [0.25, 0.3) is 0 Å². The van der Waals surface area contributed by atoms with Crippen LogP contribution in [0.3, 0.4) is 0 Å². The molecule has 6 heteroatoms. The second-order valence-electron chi connectivity index (χ2n) is 8.88. The fraction of sp³-hybridized carbons (Fsp3) is 0.214. The number of aromatic nitrogens is 2. The molecule has 4 nitrogen and oxygen atoms in total. The van der Waals surface area contributed by atoms with E-state index in [1.165, 1.54) is 28.1 Å². The van der Waals surface area contributed by atoms with Gasteiger partial charge in [-0.3, -0.25) is 4.98 Å². The molecule has 4 aromatic rings. The average molecular weight is 532 g/mol. The molecule has 2 aromatic carbocycles. The first-order chi connectivity index (χ1) is 16.4. The van der Waals surface area contributed by atoms with E-state index in [4.69, 9.17) is 17.2 Å². The standard InChI is InChI=1S/C28H27BrN4S/c1-17-12-13-21(15-18(17)2)33-27(26(31-28(33)34)24-10-7-8-14-30-24)22-16-19(3)32(20(22)4)25-11-6-5-9-23(25)29/h5-16,26-27H,1-4H3,(H,31,34)/t26-,27-/m1/s1. The SMILES string of the molecule is Cc1ccc(N2C(=S)N[C@H](c3ccccn3)[C@H]2c2cc(C)n(-c3ccccc3Br)c2C)cc1C. The van der Waals surface area contributed by atoms with Gasteiger partial charge in [0.2, 0.25) is 0 Å². The summed E-state index contributed by atoms with van der Waals surface area (Å²) in [6, 6.07) is 23.1. The average Bonchev–Trinajstić information content (AvgIpc) is 3.32. The summed E-state index contributed by atoms with van der Waals surface area (Å²) in [6.45, 7) is 8.64. The number of thiocarbonyl (C=S) groups is 1. The van der Waals surface area contributed by atoms with Crippen molar-refractivity contribution in [2.75, 3.05) is 4.90 Å². The highest BCUT2D eigenvalue weighted by Gasteiger charge is 2.42. The van der Waals surface area contributed by atoms with Crippen molar-refractivity contribution in [2.45, 2.75) is 39.8 Å². The fourth-order valence-electron chi connectivity index (χ4n) is 4.92. The number of para-hydroxylation sites is 1. The molecule has 172 valence electrons. The van der Waals surface area contributed by atoms with E-state index >= 15 is 0 Å². The Kier molecular flexibility index (Phi) is 6.04. The van der Waals surface area contributed by atoms with Crippen LogP contribution in [0.4, 0.5) is 5.69 Å². The van der Waals surface area contributed by atoms with Crippen LogP contribution in [-0.4, -0.2) is 14.7 Å². The van der Waals surface area contributed by atoms with Crippen LogP contribution in [-0.2, 0) is 0 Å². The second kappa shape index (κ2) is 9.01. The molecule has 1 aliphatic rings. The van der Waals surface area contributed by atoms with E-state index in [-0.39, 0.29) is 12.1 Å². The summed E-state index contributed by atoms with van der Waals surface area (Å²) in [5.74, 6) is 0. The highest BCUT2D eigenvalue weighted by atomic mass is 79.9. The van der Waals surface area contributed by atoms with E-state index in [0.717, 1.165) is 26.7 Å². The van der Waals surface area contributed by atoms with Gasteiger partial charge in [0.1, 0.15) is 0 Å². The van der Waals surface area contributed by atoms with E-state index < -0.39 is 0 Å². The number of aryl methyl sites for hydroxylation is 3. The van der Waals surface area contributed by atoms with Crippen molar-refractivity contribution in [3.8, 4) is 5.69 Å². The maximum Gasteiger partial charge on any atom is 0.174 e. The third kappa shape index (κ3) is 3.85. The van der Waals surface area contributed by atoms with Crippen LogP contribution < -0.4 is 10.2 Å². The lowest BCUT2D eigenvalue weighted by Gasteiger charge is -2.28. The largest absolute Gasteiger partial charge is 0.351 e. The Morgan fingerprint density at radius 3 is 2.38 bits per heavy atom. The Morgan fingerprint density at radius 1 is 0.912 bits per heavy atom. The Balaban J connectivity index is 1.70.